The van der Waals surface area contributed by atoms with Crippen molar-refractivity contribution < 1.29 is 0 Å². The van der Waals surface area contributed by atoms with E-state index in [1.807, 2.05) is 0 Å². The average molecular weight is 259 g/mol. The van der Waals surface area contributed by atoms with Crippen LogP contribution in [0, 0.1) is 11.8 Å². The van der Waals surface area contributed by atoms with Crippen LogP contribution in [-0.2, 0) is 6.42 Å². The molecule has 1 aliphatic rings. The van der Waals surface area contributed by atoms with E-state index < -0.39 is 0 Å². The molecule has 1 aromatic rings. The molecule has 2 rings (SSSR count). The summed E-state index contributed by atoms with van der Waals surface area (Å²) in [6.07, 6.45) is 8.39. The molecule has 2 unspecified atom stereocenters. The van der Waals surface area contributed by atoms with Gasteiger partial charge in [0.25, 0.3) is 0 Å². The molecule has 0 aliphatic heterocycles. The van der Waals surface area contributed by atoms with Crippen molar-refractivity contribution in [2.24, 2.45) is 11.8 Å². The summed E-state index contributed by atoms with van der Waals surface area (Å²) in [6.45, 7) is 5.71. The standard InChI is InChI=1S/C18H29N/c1-15(2)19-14-18-12-8-4-7-11-17(18)13-16-9-5-3-6-10-16/h3,5-6,9-10,15,17-19H,4,7-8,11-14H2,1-2H3. The first-order valence-electron chi connectivity index (χ1n) is 8.03. The van der Waals surface area contributed by atoms with Crippen LogP contribution in [0.3, 0.4) is 0 Å². The second-order valence-electron chi connectivity index (χ2n) is 6.41. The Bertz CT molecular complexity index is 344. The van der Waals surface area contributed by atoms with Gasteiger partial charge < -0.3 is 5.32 Å². The van der Waals surface area contributed by atoms with Gasteiger partial charge in [0, 0.05) is 6.04 Å². The van der Waals surface area contributed by atoms with Crippen molar-refractivity contribution in [1.29, 1.82) is 0 Å². The lowest BCUT2D eigenvalue weighted by Gasteiger charge is -2.26. The van der Waals surface area contributed by atoms with Gasteiger partial charge in [-0.3, -0.25) is 0 Å². The van der Waals surface area contributed by atoms with E-state index in [-0.39, 0.29) is 0 Å². The van der Waals surface area contributed by atoms with Crippen LogP contribution in [-0.4, -0.2) is 12.6 Å². The lowest BCUT2D eigenvalue weighted by atomic mass is 9.83. The molecular weight excluding hydrogens is 230 g/mol. The summed E-state index contributed by atoms with van der Waals surface area (Å²) in [5.74, 6) is 1.74. The van der Waals surface area contributed by atoms with Crippen LogP contribution in [0.2, 0.25) is 0 Å². The highest BCUT2D eigenvalue weighted by Crippen LogP contribution is 2.31. The summed E-state index contributed by atoms with van der Waals surface area (Å²) in [4.78, 5) is 0. The third-order valence-corrected chi connectivity index (χ3v) is 4.45. The average Bonchev–Trinajstić information content (AvgIpc) is 2.63. The third kappa shape index (κ3) is 4.99. The van der Waals surface area contributed by atoms with Crippen molar-refractivity contribution in [3.8, 4) is 0 Å². The summed E-state index contributed by atoms with van der Waals surface area (Å²) in [7, 11) is 0. The molecule has 1 N–H and O–H groups in total. The highest BCUT2D eigenvalue weighted by Gasteiger charge is 2.23. The van der Waals surface area contributed by atoms with Crippen molar-refractivity contribution in [1.82, 2.24) is 5.32 Å². The lowest BCUT2D eigenvalue weighted by molar-refractivity contribution is 0.291. The fraction of sp³-hybridized carbons (Fsp3) is 0.667. The Balaban J connectivity index is 1.96. The molecule has 1 aromatic carbocycles. The Morgan fingerprint density at radius 2 is 1.68 bits per heavy atom. The second-order valence-corrected chi connectivity index (χ2v) is 6.41. The maximum atomic E-state index is 3.66. The van der Waals surface area contributed by atoms with Crippen molar-refractivity contribution in [3.05, 3.63) is 35.9 Å². The Labute approximate surface area is 118 Å². The van der Waals surface area contributed by atoms with E-state index in [9.17, 15) is 0 Å². The monoisotopic (exact) mass is 259 g/mol. The second kappa shape index (κ2) is 7.69. The summed E-state index contributed by atoms with van der Waals surface area (Å²) in [6, 6.07) is 11.7. The molecule has 106 valence electrons. The lowest BCUT2D eigenvalue weighted by Crippen LogP contribution is -2.33. The topological polar surface area (TPSA) is 12.0 Å². The SMILES string of the molecule is CC(C)NCC1CCCCCC1Cc1ccccc1. The number of hydrogen-bond donors (Lipinski definition) is 1. The predicted octanol–water partition coefficient (Wildman–Crippen LogP) is 4.42. The van der Waals surface area contributed by atoms with Crippen LogP contribution in [0.1, 0.15) is 51.5 Å². The fourth-order valence-electron chi connectivity index (χ4n) is 3.30. The zero-order chi connectivity index (χ0) is 13.5. The number of benzene rings is 1. The van der Waals surface area contributed by atoms with E-state index in [1.165, 1.54) is 50.6 Å². The summed E-state index contributed by atoms with van der Waals surface area (Å²) < 4.78 is 0. The van der Waals surface area contributed by atoms with Gasteiger partial charge in [-0.15, -0.1) is 0 Å². The van der Waals surface area contributed by atoms with Crippen LogP contribution >= 0.6 is 0 Å². The Hall–Kier alpha value is -0.820. The van der Waals surface area contributed by atoms with Crippen molar-refractivity contribution in [2.75, 3.05) is 6.54 Å². The van der Waals surface area contributed by atoms with Crippen LogP contribution < -0.4 is 5.32 Å². The molecule has 0 heterocycles. The first kappa shape index (κ1) is 14.6. The highest BCUT2D eigenvalue weighted by atomic mass is 14.9. The van der Waals surface area contributed by atoms with Crippen molar-refractivity contribution >= 4 is 0 Å². The first-order chi connectivity index (χ1) is 9.25. The molecule has 0 saturated heterocycles. The molecule has 1 saturated carbocycles. The normalized spacial score (nSPS) is 24.4. The summed E-state index contributed by atoms with van der Waals surface area (Å²) in [5, 5.41) is 3.66. The fourth-order valence-corrected chi connectivity index (χ4v) is 3.30. The Morgan fingerprint density at radius 3 is 2.37 bits per heavy atom. The van der Waals surface area contributed by atoms with Gasteiger partial charge in [-0.1, -0.05) is 63.4 Å². The number of hydrogen-bond acceptors (Lipinski definition) is 1. The minimum absolute atomic E-state index is 0.612. The first-order valence-corrected chi connectivity index (χ1v) is 8.03. The molecule has 0 spiro atoms. The van der Waals surface area contributed by atoms with Crippen LogP contribution in [0.5, 0.6) is 0 Å². The quantitative estimate of drug-likeness (QED) is 0.772. The molecule has 1 aliphatic carbocycles. The van der Waals surface area contributed by atoms with Gasteiger partial charge in [-0.2, -0.15) is 0 Å². The van der Waals surface area contributed by atoms with E-state index in [0.29, 0.717) is 6.04 Å². The maximum Gasteiger partial charge on any atom is 0.00104 e. The van der Waals surface area contributed by atoms with Crippen LogP contribution in [0.15, 0.2) is 30.3 Å². The molecular formula is C18H29N. The zero-order valence-electron chi connectivity index (χ0n) is 12.6. The minimum atomic E-state index is 0.612. The van der Waals surface area contributed by atoms with Crippen LogP contribution in [0.4, 0.5) is 0 Å². The Morgan fingerprint density at radius 1 is 1.00 bits per heavy atom. The molecule has 19 heavy (non-hydrogen) atoms. The van der Waals surface area contributed by atoms with Gasteiger partial charge in [0.2, 0.25) is 0 Å². The minimum Gasteiger partial charge on any atom is -0.314 e. The molecule has 1 fully saturated rings. The van der Waals surface area contributed by atoms with E-state index in [4.69, 9.17) is 0 Å². The zero-order valence-corrected chi connectivity index (χ0v) is 12.6. The molecule has 1 heteroatoms. The molecule has 0 radical (unpaired) electrons. The molecule has 0 amide bonds. The van der Waals surface area contributed by atoms with E-state index >= 15 is 0 Å². The van der Waals surface area contributed by atoms with E-state index in [2.05, 4.69) is 49.5 Å². The summed E-state index contributed by atoms with van der Waals surface area (Å²) >= 11 is 0. The highest BCUT2D eigenvalue weighted by molar-refractivity contribution is 5.15. The van der Waals surface area contributed by atoms with E-state index in [1.54, 1.807) is 0 Å². The van der Waals surface area contributed by atoms with E-state index in [0.717, 1.165) is 11.8 Å². The number of rotatable bonds is 5. The van der Waals surface area contributed by atoms with Gasteiger partial charge in [0.05, 0.1) is 0 Å². The van der Waals surface area contributed by atoms with Gasteiger partial charge in [0.15, 0.2) is 0 Å². The van der Waals surface area contributed by atoms with Crippen LogP contribution in [0.25, 0.3) is 0 Å². The molecule has 1 nitrogen and oxygen atoms in total. The predicted molar refractivity (Wildman–Crippen MR) is 83.3 cm³/mol. The summed E-state index contributed by atoms with van der Waals surface area (Å²) in [5.41, 5.74) is 1.52. The molecule has 2 atom stereocenters. The Kier molecular flexibility index (Phi) is 5.91. The van der Waals surface area contributed by atoms with Gasteiger partial charge in [-0.25, -0.2) is 0 Å². The number of nitrogens with one attached hydrogen (secondary N) is 1. The third-order valence-electron chi connectivity index (χ3n) is 4.45. The van der Waals surface area contributed by atoms with Gasteiger partial charge in [-0.05, 0) is 43.2 Å². The van der Waals surface area contributed by atoms with Gasteiger partial charge >= 0.3 is 0 Å². The van der Waals surface area contributed by atoms with Gasteiger partial charge in [0.1, 0.15) is 0 Å². The maximum absolute atomic E-state index is 3.66. The smallest absolute Gasteiger partial charge is 0.00104 e. The van der Waals surface area contributed by atoms with Crippen molar-refractivity contribution in [2.45, 2.75) is 58.4 Å². The molecule has 0 bridgehead atoms. The largest absolute Gasteiger partial charge is 0.314 e. The van der Waals surface area contributed by atoms with Crippen molar-refractivity contribution in [3.63, 3.8) is 0 Å². The molecule has 0 aromatic heterocycles.